The fourth-order valence-corrected chi connectivity index (χ4v) is 2.56. The molecule has 0 radical (unpaired) electrons. The van der Waals surface area contributed by atoms with Crippen LogP contribution in [0, 0.1) is 6.92 Å². The molecule has 3 N–H and O–H groups in total. The standard InChI is InChI=1S/C19H21ClN2O3/c1-3-17(13-6-4-12(2)5-7-13)22-18(23)11-25-19(24)15-9-8-14(20)10-16(15)21/h4-10,17H,3,11,21H2,1-2H3,(H,22,23)/t17-/m1/s1. The number of nitrogens with one attached hydrogen (secondary N) is 1. The van der Waals surface area contributed by atoms with Crippen molar-refractivity contribution in [2.24, 2.45) is 0 Å². The monoisotopic (exact) mass is 360 g/mol. The van der Waals surface area contributed by atoms with E-state index in [0.29, 0.717) is 5.02 Å². The van der Waals surface area contributed by atoms with Gasteiger partial charge in [-0.2, -0.15) is 0 Å². The van der Waals surface area contributed by atoms with Crippen molar-refractivity contribution in [3.63, 3.8) is 0 Å². The summed E-state index contributed by atoms with van der Waals surface area (Å²) in [5.41, 5.74) is 8.29. The maximum atomic E-state index is 12.1. The van der Waals surface area contributed by atoms with Crippen molar-refractivity contribution >= 4 is 29.2 Å². The number of anilines is 1. The van der Waals surface area contributed by atoms with Crippen LogP contribution in [0.3, 0.4) is 0 Å². The van der Waals surface area contributed by atoms with E-state index in [9.17, 15) is 9.59 Å². The number of esters is 1. The number of carbonyl (C=O) groups excluding carboxylic acids is 2. The largest absolute Gasteiger partial charge is 0.452 e. The highest BCUT2D eigenvalue weighted by molar-refractivity contribution is 6.31. The highest BCUT2D eigenvalue weighted by Gasteiger charge is 2.16. The molecule has 25 heavy (non-hydrogen) atoms. The molecule has 2 aromatic rings. The Bertz CT molecular complexity index is 760. The van der Waals surface area contributed by atoms with Crippen LogP contribution < -0.4 is 11.1 Å². The zero-order chi connectivity index (χ0) is 18.4. The predicted octanol–water partition coefficient (Wildman–Crippen LogP) is 3.65. The Morgan fingerprint density at radius 1 is 1.20 bits per heavy atom. The minimum absolute atomic E-state index is 0.132. The molecule has 0 bridgehead atoms. The van der Waals surface area contributed by atoms with Gasteiger partial charge in [0.05, 0.1) is 11.6 Å². The van der Waals surface area contributed by atoms with E-state index in [1.54, 1.807) is 6.07 Å². The third kappa shape index (κ3) is 5.22. The minimum atomic E-state index is -0.660. The van der Waals surface area contributed by atoms with Crippen molar-refractivity contribution in [1.82, 2.24) is 5.32 Å². The van der Waals surface area contributed by atoms with Crippen molar-refractivity contribution in [2.75, 3.05) is 12.3 Å². The van der Waals surface area contributed by atoms with Gasteiger partial charge in [0.15, 0.2) is 6.61 Å². The SMILES string of the molecule is CC[C@@H](NC(=O)COC(=O)c1ccc(Cl)cc1N)c1ccc(C)cc1. The molecule has 0 aliphatic rings. The molecule has 0 unspecified atom stereocenters. The summed E-state index contributed by atoms with van der Waals surface area (Å²) in [5.74, 6) is -1.03. The average Bonchev–Trinajstić information content (AvgIpc) is 2.58. The topological polar surface area (TPSA) is 81.4 Å². The van der Waals surface area contributed by atoms with Gasteiger partial charge in [-0.3, -0.25) is 4.79 Å². The summed E-state index contributed by atoms with van der Waals surface area (Å²) < 4.78 is 5.04. The second kappa shape index (κ2) is 8.53. The Morgan fingerprint density at radius 2 is 1.88 bits per heavy atom. The van der Waals surface area contributed by atoms with Crippen LogP contribution in [0.1, 0.15) is 40.9 Å². The van der Waals surface area contributed by atoms with Gasteiger partial charge in [-0.1, -0.05) is 48.4 Å². The summed E-state index contributed by atoms with van der Waals surface area (Å²) in [6.45, 7) is 3.61. The lowest BCUT2D eigenvalue weighted by atomic mass is 10.0. The molecule has 2 aromatic carbocycles. The first-order valence-electron chi connectivity index (χ1n) is 7.98. The lowest BCUT2D eigenvalue weighted by Gasteiger charge is -2.17. The van der Waals surface area contributed by atoms with Crippen LogP contribution in [0.25, 0.3) is 0 Å². The summed E-state index contributed by atoms with van der Waals surface area (Å²) in [6, 6.07) is 12.3. The molecular weight excluding hydrogens is 340 g/mol. The summed E-state index contributed by atoms with van der Waals surface area (Å²) in [5, 5.41) is 3.29. The molecule has 0 aliphatic heterocycles. The maximum Gasteiger partial charge on any atom is 0.340 e. The average molecular weight is 361 g/mol. The molecule has 0 saturated carbocycles. The third-order valence-corrected chi connectivity index (χ3v) is 4.03. The first-order chi connectivity index (χ1) is 11.9. The number of benzene rings is 2. The summed E-state index contributed by atoms with van der Waals surface area (Å²) in [4.78, 5) is 24.1. The van der Waals surface area contributed by atoms with Gasteiger partial charge in [-0.25, -0.2) is 4.79 Å². The molecule has 0 saturated heterocycles. The number of hydrogen-bond donors (Lipinski definition) is 2. The van der Waals surface area contributed by atoms with Gasteiger partial charge in [-0.05, 0) is 37.1 Å². The fourth-order valence-electron chi connectivity index (χ4n) is 2.38. The fraction of sp³-hybridized carbons (Fsp3) is 0.263. The molecule has 1 amide bonds. The zero-order valence-electron chi connectivity index (χ0n) is 14.2. The normalized spacial score (nSPS) is 11.6. The Labute approximate surface area is 152 Å². The number of halogens is 1. The lowest BCUT2D eigenvalue weighted by Crippen LogP contribution is -2.32. The van der Waals surface area contributed by atoms with Gasteiger partial charge in [0.1, 0.15) is 0 Å². The molecule has 0 fully saturated rings. The maximum absolute atomic E-state index is 12.1. The molecule has 1 atom stereocenters. The van der Waals surface area contributed by atoms with Crippen molar-refractivity contribution in [3.8, 4) is 0 Å². The Balaban J connectivity index is 1.92. The Hall–Kier alpha value is -2.53. The van der Waals surface area contributed by atoms with Gasteiger partial charge in [0.25, 0.3) is 5.91 Å². The van der Waals surface area contributed by atoms with E-state index in [0.717, 1.165) is 17.5 Å². The van der Waals surface area contributed by atoms with Crippen LogP contribution in [0.15, 0.2) is 42.5 Å². The number of rotatable bonds is 6. The smallest absolute Gasteiger partial charge is 0.340 e. The van der Waals surface area contributed by atoms with Gasteiger partial charge in [0, 0.05) is 10.7 Å². The van der Waals surface area contributed by atoms with E-state index >= 15 is 0 Å². The predicted molar refractivity (Wildman–Crippen MR) is 98.5 cm³/mol. The van der Waals surface area contributed by atoms with Crippen molar-refractivity contribution in [1.29, 1.82) is 0 Å². The number of carbonyl (C=O) groups is 2. The number of amides is 1. The number of hydrogen-bond acceptors (Lipinski definition) is 4. The van der Waals surface area contributed by atoms with E-state index in [4.69, 9.17) is 22.1 Å². The van der Waals surface area contributed by atoms with Crippen LogP contribution >= 0.6 is 11.6 Å². The highest BCUT2D eigenvalue weighted by atomic mass is 35.5. The first-order valence-corrected chi connectivity index (χ1v) is 8.36. The summed E-state index contributed by atoms with van der Waals surface area (Å²) in [6.07, 6.45) is 0.729. The number of nitrogen functional groups attached to an aromatic ring is 1. The summed E-state index contributed by atoms with van der Waals surface area (Å²) >= 11 is 5.79. The van der Waals surface area contributed by atoms with Gasteiger partial charge >= 0.3 is 5.97 Å². The van der Waals surface area contributed by atoms with Gasteiger partial charge < -0.3 is 15.8 Å². The molecule has 5 nitrogen and oxygen atoms in total. The van der Waals surface area contributed by atoms with Crippen molar-refractivity contribution in [2.45, 2.75) is 26.3 Å². The van der Waals surface area contributed by atoms with Gasteiger partial charge in [-0.15, -0.1) is 0 Å². The third-order valence-electron chi connectivity index (χ3n) is 3.79. The van der Waals surface area contributed by atoms with E-state index in [1.165, 1.54) is 12.1 Å². The molecular formula is C19H21ClN2O3. The van der Waals surface area contributed by atoms with Crippen LogP contribution in [0.4, 0.5) is 5.69 Å². The van der Waals surface area contributed by atoms with Crippen molar-refractivity contribution in [3.05, 3.63) is 64.2 Å². The second-order valence-electron chi connectivity index (χ2n) is 5.75. The lowest BCUT2D eigenvalue weighted by molar-refractivity contribution is -0.125. The van der Waals surface area contributed by atoms with E-state index in [-0.39, 0.29) is 29.8 Å². The van der Waals surface area contributed by atoms with E-state index in [1.807, 2.05) is 38.1 Å². The molecule has 2 rings (SSSR count). The molecule has 0 heterocycles. The number of ether oxygens (including phenoxy) is 1. The van der Waals surface area contributed by atoms with E-state index < -0.39 is 5.97 Å². The number of nitrogens with two attached hydrogens (primary N) is 1. The van der Waals surface area contributed by atoms with Crippen LogP contribution in [-0.2, 0) is 9.53 Å². The molecule has 0 aromatic heterocycles. The number of aryl methyl sites for hydroxylation is 1. The quantitative estimate of drug-likeness (QED) is 0.608. The zero-order valence-corrected chi connectivity index (χ0v) is 15.0. The molecule has 6 heteroatoms. The van der Waals surface area contributed by atoms with E-state index in [2.05, 4.69) is 5.32 Å². The van der Waals surface area contributed by atoms with Crippen LogP contribution in [-0.4, -0.2) is 18.5 Å². The van der Waals surface area contributed by atoms with Crippen LogP contribution in [0.5, 0.6) is 0 Å². The second-order valence-corrected chi connectivity index (χ2v) is 6.18. The summed E-state index contributed by atoms with van der Waals surface area (Å²) in [7, 11) is 0. The Morgan fingerprint density at radius 3 is 2.48 bits per heavy atom. The highest BCUT2D eigenvalue weighted by Crippen LogP contribution is 2.19. The molecule has 0 spiro atoms. The van der Waals surface area contributed by atoms with Crippen molar-refractivity contribution < 1.29 is 14.3 Å². The minimum Gasteiger partial charge on any atom is -0.452 e. The van der Waals surface area contributed by atoms with Crippen LogP contribution in [0.2, 0.25) is 5.02 Å². The first kappa shape index (κ1) is 18.8. The van der Waals surface area contributed by atoms with Gasteiger partial charge in [0.2, 0.25) is 0 Å². The molecule has 0 aliphatic carbocycles. The molecule has 132 valence electrons. The Kier molecular flexibility index (Phi) is 6.42.